The summed E-state index contributed by atoms with van der Waals surface area (Å²) in [5, 5.41) is 0.758. The number of carbonyl (C=O) groups excluding carboxylic acids is 1. The van der Waals surface area contributed by atoms with Gasteiger partial charge in [0, 0.05) is 62.8 Å². The maximum atomic E-state index is 12.8. The van der Waals surface area contributed by atoms with Crippen molar-refractivity contribution >= 4 is 17.5 Å². The number of aryl methyl sites for hydroxylation is 1. The summed E-state index contributed by atoms with van der Waals surface area (Å²) in [4.78, 5) is 21.4. The van der Waals surface area contributed by atoms with E-state index in [1.54, 1.807) is 6.20 Å². The molecule has 2 heterocycles. The van der Waals surface area contributed by atoms with Gasteiger partial charge in [-0.25, -0.2) is 4.98 Å². The van der Waals surface area contributed by atoms with Crippen molar-refractivity contribution in [2.75, 3.05) is 26.2 Å². The molecule has 1 saturated heterocycles. The van der Waals surface area contributed by atoms with Crippen molar-refractivity contribution in [3.63, 3.8) is 0 Å². The predicted molar refractivity (Wildman–Crippen MR) is 117 cm³/mol. The maximum Gasteiger partial charge on any atom is 0.253 e. The normalized spacial score (nSPS) is 14.7. The molecule has 1 aliphatic heterocycles. The second-order valence-electron chi connectivity index (χ2n) is 7.47. The first-order chi connectivity index (χ1) is 14.6. The molecular weight excluding hydrogens is 400 g/mol. The minimum absolute atomic E-state index is 0.0630. The van der Waals surface area contributed by atoms with Crippen LogP contribution in [0.5, 0.6) is 5.75 Å². The van der Waals surface area contributed by atoms with Crippen molar-refractivity contribution in [2.45, 2.75) is 13.2 Å². The molecule has 0 aliphatic carbocycles. The topological polar surface area (TPSA) is 50.6 Å². The van der Waals surface area contributed by atoms with E-state index in [4.69, 9.17) is 16.3 Å². The standard InChI is InChI=1S/C23H25ClN4O2/c1-26-10-9-25-22(26)17-30-21-7-5-19(6-8-21)23(29)28-13-11-27(12-14-28)16-18-3-2-4-20(24)15-18/h2-10,15H,11-14,16-17H2,1H3. The van der Waals surface area contributed by atoms with E-state index in [-0.39, 0.29) is 5.91 Å². The number of hydrogen-bond donors (Lipinski definition) is 0. The molecule has 2 aromatic carbocycles. The van der Waals surface area contributed by atoms with Crippen LogP contribution in [0.15, 0.2) is 60.9 Å². The fourth-order valence-corrected chi connectivity index (χ4v) is 3.78. The Balaban J connectivity index is 1.28. The van der Waals surface area contributed by atoms with Gasteiger partial charge < -0.3 is 14.2 Å². The van der Waals surface area contributed by atoms with Crippen LogP contribution in [0.1, 0.15) is 21.7 Å². The number of benzene rings is 2. The van der Waals surface area contributed by atoms with Crippen molar-refractivity contribution in [2.24, 2.45) is 7.05 Å². The molecule has 0 spiro atoms. The highest BCUT2D eigenvalue weighted by Gasteiger charge is 2.22. The molecule has 156 valence electrons. The van der Waals surface area contributed by atoms with E-state index in [2.05, 4.69) is 16.0 Å². The Morgan fingerprint density at radius 2 is 1.87 bits per heavy atom. The van der Waals surface area contributed by atoms with Crippen LogP contribution < -0.4 is 4.74 Å². The van der Waals surface area contributed by atoms with Crippen LogP contribution in [0.4, 0.5) is 0 Å². The average Bonchev–Trinajstić information content (AvgIpc) is 3.17. The molecule has 1 aliphatic rings. The summed E-state index contributed by atoms with van der Waals surface area (Å²) in [6, 6.07) is 15.3. The number of halogens is 1. The van der Waals surface area contributed by atoms with Gasteiger partial charge in [0.05, 0.1) is 0 Å². The van der Waals surface area contributed by atoms with Gasteiger partial charge in [-0.2, -0.15) is 0 Å². The van der Waals surface area contributed by atoms with E-state index >= 15 is 0 Å². The zero-order valence-electron chi connectivity index (χ0n) is 17.0. The predicted octanol–water partition coefficient (Wildman–Crippen LogP) is 3.61. The van der Waals surface area contributed by atoms with E-state index in [1.165, 1.54) is 5.56 Å². The minimum Gasteiger partial charge on any atom is -0.486 e. The van der Waals surface area contributed by atoms with Crippen molar-refractivity contribution in [3.05, 3.63) is 82.9 Å². The van der Waals surface area contributed by atoms with E-state index in [9.17, 15) is 4.79 Å². The summed E-state index contributed by atoms with van der Waals surface area (Å²) in [6.45, 7) is 4.38. The molecule has 0 bridgehead atoms. The first-order valence-corrected chi connectivity index (χ1v) is 10.4. The highest BCUT2D eigenvalue weighted by atomic mass is 35.5. The highest BCUT2D eigenvalue weighted by molar-refractivity contribution is 6.30. The lowest BCUT2D eigenvalue weighted by atomic mass is 10.1. The number of nitrogens with zero attached hydrogens (tertiary/aromatic N) is 4. The highest BCUT2D eigenvalue weighted by Crippen LogP contribution is 2.17. The Kier molecular flexibility index (Phi) is 6.35. The number of piperazine rings is 1. The molecule has 1 aromatic heterocycles. The van der Waals surface area contributed by atoms with Crippen LogP contribution in [-0.2, 0) is 20.2 Å². The number of ether oxygens (including phenoxy) is 1. The summed E-state index contributed by atoms with van der Waals surface area (Å²) < 4.78 is 7.69. The quantitative estimate of drug-likeness (QED) is 0.606. The van der Waals surface area contributed by atoms with Crippen LogP contribution in [0.3, 0.4) is 0 Å². The number of carbonyl (C=O) groups is 1. The molecule has 6 nitrogen and oxygen atoms in total. The number of hydrogen-bond acceptors (Lipinski definition) is 4. The van der Waals surface area contributed by atoms with Crippen LogP contribution in [-0.4, -0.2) is 51.4 Å². The molecule has 0 N–H and O–H groups in total. The fourth-order valence-electron chi connectivity index (χ4n) is 3.56. The van der Waals surface area contributed by atoms with E-state index in [0.29, 0.717) is 12.2 Å². The fraction of sp³-hybridized carbons (Fsp3) is 0.304. The summed E-state index contributed by atoms with van der Waals surface area (Å²) >= 11 is 6.07. The number of rotatable bonds is 6. The van der Waals surface area contributed by atoms with Crippen LogP contribution >= 0.6 is 11.6 Å². The summed E-state index contributed by atoms with van der Waals surface area (Å²) in [6.07, 6.45) is 3.63. The van der Waals surface area contributed by atoms with Crippen molar-refractivity contribution < 1.29 is 9.53 Å². The van der Waals surface area contributed by atoms with Gasteiger partial charge in [-0.05, 0) is 42.0 Å². The number of aromatic nitrogens is 2. The number of amides is 1. The molecule has 0 radical (unpaired) electrons. The Morgan fingerprint density at radius 3 is 2.53 bits per heavy atom. The Hall–Kier alpha value is -2.83. The number of imidazole rings is 1. The van der Waals surface area contributed by atoms with Crippen molar-refractivity contribution in [1.82, 2.24) is 19.4 Å². The van der Waals surface area contributed by atoms with Gasteiger partial charge >= 0.3 is 0 Å². The second-order valence-corrected chi connectivity index (χ2v) is 7.90. The molecular formula is C23H25ClN4O2. The zero-order chi connectivity index (χ0) is 20.9. The third-order valence-electron chi connectivity index (χ3n) is 5.34. The van der Waals surface area contributed by atoms with Gasteiger partial charge in [-0.1, -0.05) is 23.7 Å². The molecule has 7 heteroatoms. The Bertz CT molecular complexity index is 994. The van der Waals surface area contributed by atoms with Crippen molar-refractivity contribution in [3.8, 4) is 5.75 Å². The molecule has 1 fully saturated rings. The molecule has 30 heavy (non-hydrogen) atoms. The average molecular weight is 425 g/mol. The third-order valence-corrected chi connectivity index (χ3v) is 5.58. The van der Waals surface area contributed by atoms with Crippen LogP contribution in [0.2, 0.25) is 5.02 Å². The summed E-state index contributed by atoms with van der Waals surface area (Å²) in [5.74, 6) is 1.64. The SMILES string of the molecule is Cn1ccnc1COc1ccc(C(=O)N2CCN(Cc3cccc(Cl)c3)CC2)cc1. The summed E-state index contributed by atoms with van der Waals surface area (Å²) in [5.41, 5.74) is 1.88. The monoisotopic (exact) mass is 424 g/mol. The molecule has 4 rings (SSSR count). The molecule has 0 saturated carbocycles. The van der Waals surface area contributed by atoms with Crippen molar-refractivity contribution in [1.29, 1.82) is 0 Å². The van der Waals surface area contributed by atoms with Gasteiger partial charge in [0.15, 0.2) is 0 Å². The Labute approximate surface area is 181 Å². The smallest absolute Gasteiger partial charge is 0.253 e. The zero-order valence-corrected chi connectivity index (χ0v) is 17.8. The third kappa shape index (κ3) is 5.01. The first-order valence-electron chi connectivity index (χ1n) is 10.0. The maximum absolute atomic E-state index is 12.8. The molecule has 0 unspecified atom stereocenters. The first kappa shape index (κ1) is 20.4. The van der Waals surface area contributed by atoms with Gasteiger partial charge in [-0.15, -0.1) is 0 Å². The minimum atomic E-state index is 0.0630. The lowest BCUT2D eigenvalue weighted by Crippen LogP contribution is -2.48. The molecule has 0 atom stereocenters. The van der Waals surface area contributed by atoms with Gasteiger partial charge in [-0.3, -0.25) is 9.69 Å². The Morgan fingerprint density at radius 1 is 1.10 bits per heavy atom. The lowest BCUT2D eigenvalue weighted by molar-refractivity contribution is 0.0628. The largest absolute Gasteiger partial charge is 0.486 e. The second kappa shape index (κ2) is 9.32. The summed E-state index contributed by atoms with van der Waals surface area (Å²) in [7, 11) is 1.93. The van der Waals surface area contributed by atoms with Gasteiger partial charge in [0.2, 0.25) is 0 Å². The van der Waals surface area contributed by atoms with E-state index in [1.807, 2.05) is 65.2 Å². The van der Waals surface area contributed by atoms with Crippen LogP contribution in [0.25, 0.3) is 0 Å². The lowest BCUT2D eigenvalue weighted by Gasteiger charge is -2.34. The van der Waals surface area contributed by atoms with E-state index < -0.39 is 0 Å². The van der Waals surface area contributed by atoms with E-state index in [0.717, 1.165) is 49.3 Å². The van der Waals surface area contributed by atoms with Gasteiger partial charge in [0.25, 0.3) is 5.91 Å². The van der Waals surface area contributed by atoms with Crippen LogP contribution in [0, 0.1) is 0 Å². The molecule has 1 amide bonds. The van der Waals surface area contributed by atoms with Gasteiger partial charge in [0.1, 0.15) is 18.2 Å². The molecule has 3 aromatic rings.